The molecule has 2 aromatic rings. The Morgan fingerprint density at radius 2 is 1.81 bits per heavy atom. The number of benzene rings is 1. The summed E-state index contributed by atoms with van der Waals surface area (Å²) in [6.45, 7) is 3.98. The van der Waals surface area contributed by atoms with Gasteiger partial charge in [0, 0.05) is 0 Å². The molecule has 0 atom stereocenters. The molecule has 0 spiro atoms. The van der Waals surface area contributed by atoms with Crippen molar-refractivity contribution < 1.29 is 4.74 Å². The van der Waals surface area contributed by atoms with E-state index >= 15 is 0 Å². The molecular weight excluding hydrogens is 222 g/mol. The summed E-state index contributed by atoms with van der Waals surface area (Å²) in [5.41, 5.74) is 2.18. The maximum Gasteiger partial charge on any atom is 0.148 e. The summed E-state index contributed by atoms with van der Waals surface area (Å²) >= 11 is 5.77. The molecule has 0 saturated carbocycles. The Labute approximate surface area is 99.9 Å². The molecule has 2 nitrogen and oxygen atoms in total. The SMILES string of the molecule is Cc1ccc(Oc2cnc(Cl)cc2C)cc1. The van der Waals surface area contributed by atoms with Crippen molar-refractivity contribution in [1.82, 2.24) is 4.98 Å². The van der Waals surface area contributed by atoms with Crippen LogP contribution in [0.3, 0.4) is 0 Å². The fraction of sp³-hybridized carbons (Fsp3) is 0.154. The van der Waals surface area contributed by atoms with Crippen molar-refractivity contribution in [3.8, 4) is 11.5 Å². The Hall–Kier alpha value is -1.54. The van der Waals surface area contributed by atoms with Gasteiger partial charge in [-0.1, -0.05) is 29.3 Å². The Bertz CT molecular complexity index is 494. The molecule has 0 N–H and O–H groups in total. The summed E-state index contributed by atoms with van der Waals surface area (Å²) < 4.78 is 5.70. The molecule has 0 amide bonds. The van der Waals surface area contributed by atoms with E-state index in [2.05, 4.69) is 4.98 Å². The van der Waals surface area contributed by atoms with Crippen LogP contribution >= 0.6 is 11.6 Å². The van der Waals surface area contributed by atoms with Gasteiger partial charge in [0.2, 0.25) is 0 Å². The van der Waals surface area contributed by atoms with E-state index < -0.39 is 0 Å². The van der Waals surface area contributed by atoms with Gasteiger partial charge in [-0.05, 0) is 37.6 Å². The monoisotopic (exact) mass is 233 g/mol. The lowest BCUT2D eigenvalue weighted by atomic mass is 10.2. The van der Waals surface area contributed by atoms with Crippen molar-refractivity contribution in [2.75, 3.05) is 0 Å². The molecule has 0 aliphatic heterocycles. The van der Waals surface area contributed by atoms with Gasteiger partial charge in [0.15, 0.2) is 0 Å². The van der Waals surface area contributed by atoms with Crippen LogP contribution in [0.15, 0.2) is 36.5 Å². The molecule has 0 bridgehead atoms. The fourth-order valence-corrected chi connectivity index (χ4v) is 1.56. The van der Waals surface area contributed by atoms with Crippen molar-refractivity contribution in [3.63, 3.8) is 0 Å². The molecule has 2 rings (SSSR count). The molecule has 82 valence electrons. The Morgan fingerprint density at radius 3 is 2.44 bits per heavy atom. The van der Waals surface area contributed by atoms with Crippen LogP contribution in [0.25, 0.3) is 0 Å². The molecule has 0 radical (unpaired) electrons. The third-order valence-corrected chi connectivity index (χ3v) is 2.48. The first-order valence-corrected chi connectivity index (χ1v) is 5.39. The van der Waals surface area contributed by atoms with E-state index in [4.69, 9.17) is 16.3 Å². The van der Waals surface area contributed by atoms with Gasteiger partial charge in [0.1, 0.15) is 16.7 Å². The van der Waals surface area contributed by atoms with Gasteiger partial charge in [0.25, 0.3) is 0 Å². The zero-order chi connectivity index (χ0) is 11.5. The summed E-state index contributed by atoms with van der Waals surface area (Å²) in [7, 11) is 0. The third kappa shape index (κ3) is 2.52. The smallest absolute Gasteiger partial charge is 0.148 e. The fourth-order valence-electron chi connectivity index (χ4n) is 1.35. The van der Waals surface area contributed by atoms with Gasteiger partial charge in [-0.25, -0.2) is 4.98 Å². The topological polar surface area (TPSA) is 22.1 Å². The van der Waals surface area contributed by atoms with Crippen molar-refractivity contribution in [2.45, 2.75) is 13.8 Å². The number of ether oxygens (including phenoxy) is 1. The zero-order valence-electron chi connectivity index (χ0n) is 9.20. The van der Waals surface area contributed by atoms with Crippen LogP contribution in [0, 0.1) is 13.8 Å². The molecule has 1 heterocycles. The summed E-state index contributed by atoms with van der Waals surface area (Å²) in [6, 6.07) is 9.67. The van der Waals surface area contributed by atoms with Crippen LogP contribution in [0.4, 0.5) is 0 Å². The first kappa shape index (κ1) is 11.0. The van der Waals surface area contributed by atoms with Crippen LogP contribution in [0.5, 0.6) is 11.5 Å². The molecule has 0 aliphatic carbocycles. The van der Waals surface area contributed by atoms with E-state index in [1.165, 1.54) is 5.56 Å². The average Bonchev–Trinajstić information content (AvgIpc) is 2.25. The van der Waals surface area contributed by atoms with Gasteiger partial charge in [-0.3, -0.25) is 0 Å². The average molecular weight is 234 g/mol. The van der Waals surface area contributed by atoms with Gasteiger partial charge < -0.3 is 4.74 Å². The summed E-state index contributed by atoms with van der Waals surface area (Å²) in [6.07, 6.45) is 1.64. The van der Waals surface area contributed by atoms with Crippen LogP contribution in [0.1, 0.15) is 11.1 Å². The first-order valence-electron chi connectivity index (χ1n) is 5.02. The molecule has 3 heteroatoms. The quantitative estimate of drug-likeness (QED) is 0.728. The highest BCUT2D eigenvalue weighted by Gasteiger charge is 2.02. The zero-order valence-corrected chi connectivity index (χ0v) is 9.95. The number of aryl methyl sites for hydroxylation is 2. The third-order valence-electron chi connectivity index (χ3n) is 2.28. The lowest BCUT2D eigenvalue weighted by Crippen LogP contribution is -1.89. The van der Waals surface area contributed by atoms with Gasteiger partial charge >= 0.3 is 0 Å². The molecule has 1 aromatic carbocycles. The lowest BCUT2D eigenvalue weighted by molar-refractivity contribution is 0.476. The molecule has 1 aromatic heterocycles. The van der Waals surface area contributed by atoms with Gasteiger partial charge in [-0.2, -0.15) is 0 Å². The molecule has 0 aliphatic rings. The van der Waals surface area contributed by atoms with Crippen LogP contribution in [0.2, 0.25) is 5.15 Å². The highest BCUT2D eigenvalue weighted by atomic mass is 35.5. The lowest BCUT2D eigenvalue weighted by Gasteiger charge is -2.08. The van der Waals surface area contributed by atoms with Crippen molar-refractivity contribution in [1.29, 1.82) is 0 Å². The molecule has 0 fully saturated rings. The minimum Gasteiger partial charge on any atom is -0.455 e. The Balaban J connectivity index is 2.23. The van der Waals surface area contributed by atoms with Crippen molar-refractivity contribution in [3.05, 3.63) is 52.8 Å². The number of rotatable bonds is 2. The summed E-state index contributed by atoms with van der Waals surface area (Å²) in [5, 5.41) is 0.480. The number of hydrogen-bond acceptors (Lipinski definition) is 2. The van der Waals surface area contributed by atoms with Crippen LogP contribution < -0.4 is 4.74 Å². The first-order chi connectivity index (χ1) is 7.65. The molecular formula is C13H12ClNO. The van der Waals surface area contributed by atoms with E-state index in [9.17, 15) is 0 Å². The minimum atomic E-state index is 0.480. The van der Waals surface area contributed by atoms with Crippen molar-refractivity contribution >= 4 is 11.6 Å². The van der Waals surface area contributed by atoms with Gasteiger partial charge in [-0.15, -0.1) is 0 Å². The number of pyridine rings is 1. The van der Waals surface area contributed by atoms with Crippen LogP contribution in [-0.2, 0) is 0 Å². The molecule has 0 unspecified atom stereocenters. The largest absolute Gasteiger partial charge is 0.455 e. The second kappa shape index (κ2) is 4.54. The molecule has 16 heavy (non-hydrogen) atoms. The van der Waals surface area contributed by atoms with E-state index in [-0.39, 0.29) is 0 Å². The number of halogens is 1. The minimum absolute atomic E-state index is 0.480. The van der Waals surface area contributed by atoms with E-state index in [1.807, 2.05) is 38.1 Å². The second-order valence-corrected chi connectivity index (χ2v) is 4.07. The normalized spacial score (nSPS) is 10.2. The predicted molar refractivity (Wildman–Crippen MR) is 65.2 cm³/mol. The Morgan fingerprint density at radius 1 is 1.12 bits per heavy atom. The summed E-state index contributed by atoms with van der Waals surface area (Å²) in [4.78, 5) is 3.99. The Kier molecular flexibility index (Phi) is 3.11. The maximum atomic E-state index is 5.77. The number of nitrogens with zero attached hydrogens (tertiary/aromatic N) is 1. The van der Waals surface area contributed by atoms with Crippen molar-refractivity contribution in [2.24, 2.45) is 0 Å². The van der Waals surface area contributed by atoms with Crippen LogP contribution in [-0.4, -0.2) is 4.98 Å². The maximum absolute atomic E-state index is 5.77. The van der Waals surface area contributed by atoms with E-state index in [1.54, 1.807) is 12.3 Å². The van der Waals surface area contributed by atoms with E-state index in [0.29, 0.717) is 5.15 Å². The summed E-state index contributed by atoms with van der Waals surface area (Å²) in [5.74, 6) is 1.53. The number of hydrogen-bond donors (Lipinski definition) is 0. The second-order valence-electron chi connectivity index (χ2n) is 3.69. The highest BCUT2D eigenvalue weighted by molar-refractivity contribution is 6.29. The highest BCUT2D eigenvalue weighted by Crippen LogP contribution is 2.25. The molecule has 0 saturated heterocycles. The van der Waals surface area contributed by atoms with Gasteiger partial charge in [0.05, 0.1) is 6.20 Å². The predicted octanol–water partition coefficient (Wildman–Crippen LogP) is 4.14. The number of aromatic nitrogens is 1. The van der Waals surface area contributed by atoms with E-state index in [0.717, 1.165) is 17.1 Å². The standard InChI is InChI=1S/C13H12ClNO/c1-9-3-5-11(6-4-9)16-12-8-15-13(14)7-10(12)2/h3-8H,1-2H3.